The Kier molecular flexibility index (Phi) is 5.93. The third-order valence-corrected chi connectivity index (χ3v) is 4.29. The Bertz CT molecular complexity index is 543. The molecule has 5 heteroatoms. The van der Waals surface area contributed by atoms with Gasteiger partial charge in [-0.1, -0.05) is 12.1 Å². The summed E-state index contributed by atoms with van der Waals surface area (Å²) in [6.45, 7) is 4.42. The number of rotatable bonds is 5. The van der Waals surface area contributed by atoms with Gasteiger partial charge in [-0.3, -0.25) is 4.79 Å². The maximum absolute atomic E-state index is 12.0. The van der Waals surface area contributed by atoms with Crippen molar-refractivity contribution in [2.75, 3.05) is 25.0 Å². The van der Waals surface area contributed by atoms with E-state index in [9.17, 15) is 9.90 Å². The number of aliphatic hydroxyl groups is 1. The number of nitrogens with one attached hydrogen (secondary N) is 1. The number of aliphatic hydroxyl groups excluding tert-OH is 1. The van der Waals surface area contributed by atoms with Crippen molar-refractivity contribution in [3.63, 3.8) is 0 Å². The van der Waals surface area contributed by atoms with Crippen molar-refractivity contribution in [2.45, 2.75) is 32.3 Å². The average Bonchev–Trinajstić information content (AvgIpc) is 2.54. The Morgan fingerprint density at radius 3 is 2.77 bits per heavy atom. The van der Waals surface area contributed by atoms with Gasteiger partial charge in [0.1, 0.15) is 6.07 Å². The van der Waals surface area contributed by atoms with Crippen LogP contribution in [0.15, 0.2) is 24.3 Å². The molecule has 2 N–H and O–H groups in total. The Morgan fingerprint density at radius 1 is 1.45 bits per heavy atom. The molecule has 1 amide bonds. The van der Waals surface area contributed by atoms with E-state index in [0.29, 0.717) is 30.1 Å². The topological polar surface area (TPSA) is 76.4 Å². The van der Waals surface area contributed by atoms with Gasteiger partial charge in [-0.05, 0) is 50.9 Å². The summed E-state index contributed by atoms with van der Waals surface area (Å²) in [5.41, 5.74) is 1.05. The van der Waals surface area contributed by atoms with Crippen molar-refractivity contribution in [1.82, 2.24) is 4.90 Å². The number of para-hydroxylation sites is 1. The van der Waals surface area contributed by atoms with Crippen LogP contribution < -0.4 is 5.32 Å². The van der Waals surface area contributed by atoms with E-state index in [1.807, 2.05) is 6.92 Å². The molecule has 1 atom stereocenters. The first-order chi connectivity index (χ1) is 10.6. The molecule has 1 aromatic rings. The SMILES string of the molecule is CC(O)C1CCN(CCC(=O)Nc2ccccc2C#N)CC1. The van der Waals surface area contributed by atoms with Crippen LogP contribution in [0.3, 0.4) is 0 Å². The van der Waals surface area contributed by atoms with Crippen molar-refractivity contribution in [2.24, 2.45) is 5.92 Å². The van der Waals surface area contributed by atoms with Gasteiger partial charge in [0.25, 0.3) is 0 Å². The summed E-state index contributed by atoms with van der Waals surface area (Å²) >= 11 is 0. The smallest absolute Gasteiger partial charge is 0.225 e. The van der Waals surface area contributed by atoms with Crippen molar-refractivity contribution < 1.29 is 9.90 Å². The number of hydrogen-bond donors (Lipinski definition) is 2. The summed E-state index contributed by atoms with van der Waals surface area (Å²) in [5, 5.41) is 21.4. The number of likely N-dealkylation sites (tertiary alicyclic amines) is 1. The average molecular weight is 301 g/mol. The number of carbonyl (C=O) groups excluding carboxylic acids is 1. The third-order valence-electron chi connectivity index (χ3n) is 4.29. The van der Waals surface area contributed by atoms with Crippen LogP contribution in [0.5, 0.6) is 0 Å². The predicted octanol–water partition coefficient (Wildman–Crippen LogP) is 1.98. The number of nitrogens with zero attached hydrogens (tertiary/aromatic N) is 2. The second-order valence-electron chi connectivity index (χ2n) is 5.88. The summed E-state index contributed by atoms with van der Waals surface area (Å²) in [5.74, 6) is 0.313. The van der Waals surface area contributed by atoms with Crippen LogP contribution in [0.4, 0.5) is 5.69 Å². The first-order valence-corrected chi connectivity index (χ1v) is 7.79. The van der Waals surface area contributed by atoms with E-state index < -0.39 is 0 Å². The van der Waals surface area contributed by atoms with Crippen molar-refractivity contribution in [3.8, 4) is 6.07 Å². The Morgan fingerprint density at radius 2 is 2.14 bits per heavy atom. The van der Waals surface area contributed by atoms with E-state index >= 15 is 0 Å². The van der Waals surface area contributed by atoms with Crippen LogP contribution in [0, 0.1) is 17.2 Å². The van der Waals surface area contributed by atoms with E-state index in [1.165, 1.54) is 0 Å². The molecule has 1 aliphatic rings. The Balaban J connectivity index is 1.76. The van der Waals surface area contributed by atoms with Gasteiger partial charge in [0, 0.05) is 13.0 Å². The maximum Gasteiger partial charge on any atom is 0.225 e. The second-order valence-corrected chi connectivity index (χ2v) is 5.88. The number of carbonyl (C=O) groups is 1. The fourth-order valence-electron chi connectivity index (χ4n) is 2.82. The van der Waals surface area contributed by atoms with Gasteiger partial charge < -0.3 is 15.3 Å². The van der Waals surface area contributed by atoms with E-state index in [4.69, 9.17) is 5.26 Å². The minimum absolute atomic E-state index is 0.0691. The van der Waals surface area contributed by atoms with Gasteiger partial charge in [-0.25, -0.2) is 0 Å². The molecular formula is C17H23N3O2. The van der Waals surface area contributed by atoms with Crippen LogP contribution in [0.1, 0.15) is 31.7 Å². The van der Waals surface area contributed by atoms with Gasteiger partial charge in [0.15, 0.2) is 0 Å². The Labute approximate surface area is 131 Å². The standard InChI is InChI=1S/C17H23N3O2/c1-13(21)14-6-9-20(10-7-14)11-8-17(22)19-16-5-3-2-4-15(16)12-18/h2-5,13-14,21H,6-11H2,1H3,(H,19,22). The van der Waals surface area contributed by atoms with Crippen molar-refractivity contribution in [3.05, 3.63) is 29.8 Å². The monoisotopic (exact) mass is 301 g/mol. The van der Waals surface area contributed by atoms with Crippen molar-refractivity contribution >= 4 is 11.6 Å². The normalized spacial score (nSPS) is 17.7. The fourth-order valence-corrected chi connectivity index (χ4v) is 2.82. The lowest BCUT2D eigenvalue weighted by molar-refractivity contribution is -0.116. The van der Waals surface area contributed by atoms with Crippen LogP contribution >= 0.6 is 0 Å². The highest BCUT2D eigenvalue weighted by Gasteiger charge is 2.22. The lowest BCUT2D eigenvalue weighted by atomic mass is 9.92. The number of amides is 1. The van der Waals surface area contributed by atoms with E-state index in [-0.39, 0.29) is 12.0 Å². The first-order valence-electron chi connectivity index (χ1n) is 7.79. The van der Waals surface area contributed by atoms with E-state index in [1.54, 1.807) is 24.3 Å². The summed E-state index contributed by atoms with van der Waals surface area (Å²) in [6.07, 6.45) is 2.14. The minimum Gasteiger partial charge on any atom is -0.393 e. The first kappa shape index (κ1) is 16.5. The number of nitriles is 1. The van der Waals surface area contributed by atoms with Gasteiger partial charge in [-0.2, -0.15) is 5.26 Å². The third kappa shape index (κ3) is 4.55. The zero-order chi connectivity index (χ0) is 15.9. The van der Waals surface area contributed by atoms with Gasteiger partial charge >= 0.3 is 0 Å². The van der Waals surface area contributed by atoms with Gasteiger partial charge in [0.05, 0.1) is 17.4 Å². The van der Waals surface area contributed by atoms with E-state index in [2.05, 4.69) is 16.3 Å². The number of anilines is 1. The van der Waals surface area contributed by atoms with Crippen LogP contribution in [-0.4, -0.2) is 41.7 Å². The molecule has 0 saturated carbocycles. The highest BCUT2D eigenvalue weighted by Crippen LogP contribution is 2.20. The molecule has 1 fully saturated rings. The van der Waals surface area contributed by atoms with Crippen LogP contribution in [0.2, 0.25) is 0 Å². The largest absolute Gasteiger partial charge is 0.393 e. The Hall–Kier alpha value is -1.90. The summed E-state index contributed by atoms with van der Waals surface area (Å²) < 4.78 is 0. The molecule has 2 rings (SSSR count). The maximum atomic E-state index is 12.0. The molecule has 0 radical (unpaired) electrons. The molecule has 0 spiro atoms. The zero-order valence-corrected chi connectivity index (χ0v) is 13.0. The summed E-state index contributed by atoms with van der Waals surface area (Å²) in [7, 11) is 0. The van der Waals surface area contributed by atoms with Crippen LogP contribution in [0.25, 0.3) is 0 Å². The molecule has 1 heterocycles. The molecule has 22 heavy (non-hydrogen) atoms. The zero-order valence-electron chi connectivity index (χ0n) is 13.0. The molecule has 0 aromatic heterocycles. The quantitative estimate of drug-likeness (QED) is 0.872. The molecule has 1 saturated heterocycles. The predicted molar refractivity (Wildman–Crippen MR) is 85.2 cm³/mol. The van der Waals surface area contributed by atoms with Gasteiger partial charge in [0.2, 0.25) is 5.91 Å². The number of piperidine rings is 1. The number of benzene rings is 1. The van der Waals surface area contributed by atoms with Crippen LogP contribution in [-0.2, 0) is 4.79 Å². The highest BCUT2D eigenvalue weighted by molar-refractivity contribution is 5.92. The second kappa shape index (κ2) is 7.92. The highest BCUT2D eigenvalue weighted by atomic mass is 16.3. The molecule has 1 aliphatic heterocycles. The molecular weight excluding hydrogens is 278 g/mol. The minimum atomic E-state index is -0.243. The molecule has 1 unspecified atom stereocenters. The molecule has 0 bridgehead atoms. The lowest BCUT2D eigenvalue weighted by Gasteiger charge is -2.33. The van der Waals surface area contributed by atoms with Crippen molar-refractivity contribution in [1.29, 1.82) is 5.26 Å². The van der Waals surface area contributed by atoms with Gasteiger partial charge in [-0.15, -0.1) is 0 Å². The molecule has 5 nitrogen and oxygen atoms in total. The summed E-state index contributed by atoms with van der Waals surface area (Å²) in [4.78, 5) is 14.3. The van der Waals surface area contributed by atoms with E-state index in [0.717, 1.165) is 25.9 Å². The molecule has 1 aromatic carbocycles. The lowest BCUT2D eigenvalue weighted by Crippen LogP contribution is -2.38. The summed E-state index contributed by atoms with van der Waals surface area (Å²) in [6, 6.07) is 9.09. The molecule has 118 valence electrons. The number of hydrogen-bond acceptors (Lipinski definition) is 4. The molecule has 0 aliphatic carbocycles. The fraction of sp³-hybridized carbons (Fsp3) is 0.529.